The van der Waals surface area contributed by atoms with Crippen molar-refractivity contribution in [3.63, 3.8) is 0 Å². The van der Waals surface area contributed by atoms with Gasteiger partial charge in [-0.25, -0.2) is 8.42 Å². The second-order valence-corrected chi connectivity index (χ2v) is 9.33. The van der Waals surface area contributed by atoms with Gasteiger partial charge in [0.15, 0.2) is 14.5 Å². The van der Waals surface area contributed by atoms with Crippen molar-refractivity contribution in [2.75, 3.05) is 18.1 Å². The van der Waals surface area contributed by atoms with E-state index in [1.54, 1.807) is 47.4 Å². The van der Waals surface area contributed by atoms with Crippen LogP contribution in [0.3, 0.4) is 0 Å². The molecular weight excluding hydrogens is 434 g/mol. The minimum Gasteiger partial charge on any atom is -0.490 e. The third-order valence-corrected chi connectivity index (χ3v) is 6.51. The number of carbonyl (C=O) groups excluding carboxylic acids is 1. The Morgan fingerprint density at radius 2 is 2.04 bits per heavy atom. The summed E-state index contributed by atoms with van der Waals surface area (Å²) in [5, 5.41) is 0. The minimum atomic E-state index is -3.12. The van der Waals surface area contributed by atoms with E-state index in [1.807, 2.05) is 0 Å². The van der Waals surface area contributed by atoms with Crippen LogP contribution in [0.5, 0.6) is 5.75 Å². The first-order valence-corrected chi connectivity index (χ1v) is 11.1. The number of benzene rings is 1. The molecule has 0 N–H and O–H groups in total. The Bertz CT molecular complexity index is 920. The van der Waals surface area contributed by atoms with Gasteiger partial charge in [0.05, 0.1) is 18.1 Å². The zero-order valence-electron chi connectivity index (χ0n) is 14.6. The van der Waals surface area contributed by atoms with Gasteiger partial charge < -0.3 is 14.1 Å². The maximum atomic E-state index is 13.1. The van der Waals surface area contributed by atoms with Gasteiger partial charge in [-0.15, -0.1) is 0 Å². The average molecular weight is 454 g/mol. The number of hydrogen-bond acceptors (Lipinski definition) is 5. The van der Waals surface area contributed by atoms with E-state index in [1.165, 1.54) is 0 Å². The van der Waals surface area contributed by atoms with Gasteiger partial charge in [-0.2, -0.15) is 0 Å². The van der Waals surface area contributed by atoms with E-state index < -0.39 is 9.84 Å². The van der Waals surface area contributed by atoms with E-state index in [2.05, 4.69) is 22.5 Å². The number of furan rings is 1. The van der Waals surface area contributed by atoms with Gasteiger partial charge in [0.2, 0.25) is 0 Å². The van der Waals surface area contributed by atoms with Crippen LogP contribution in [-0.2, 0) is 16.4 Å². The SMILES string of the molecule is C=CCOc1ccc(C(=O)N(Cc2ccc(Br)o2)[C@@H]2CCS(=O)(=O)C2)cc1. The van der Waals surface area contributed by atoms with Crippen LogP contribution in [0.1, 0.15) is 22.5 Å². The normalized spacial score (nSPS) is 18.2. The fourth-order valence-electron chi connectivity index (χ4n) is 3.01. The van der Waals surface area contributed by atoms with Crippen LogP contribution in [0.25, 0.3) is 0 Å². The van der Waals surface area contributed by atoms with Crippen molar-refractivity contribution in [3.8, 4) is 5.75 Å². The molecule has 1 amide bonds. The molecule has 2 aromatic rings. The fourth-order valence-corrected chi connectivity index (χ4v) is 5.08. The molecule has 0 radical (unpaired) electrons. The predicted octanol–water partition coefficient (Wildman–Crippen LogP) is 3.44. The predicted molar refractivity (Wildman–Crippen MR) is 105 cm³/mol. The number of rotatable bonds is 7. The third-order valence-electron chi connectivity index (χ3n) is 4.33. The maximum Gasteiger partial charge on any atom is 0.254 e. The third kappa shape index (κ3) is 5.01. The van der Waals surface area contributed by atoms with Gasteiger partial charge in [0.25, 0.3) is 5.91 Å². The summed E-state index contributed by atoms with van der Waals surface area (Å²) in [7, 11) is -3.12. The Labute approximate surface area is 166 Å². The lowest BCUT2D eigenvalue weighted by Crippen LogP contribution is -2.40. The van der Waals surface area contributed by atoms with Crippen LogP contribution in [0.4, 0.5) is 0 Å². The van der Waals surface area contributed by atoms with Crippen molar-refractivity contribution in [3.05, 3.63) is 65.0 Å². The summed E-state index contributed by atoms with van der Waals surface area (Å²) in [6.45, 7) is 4.18. The van der Waals surface area contributed by atoms with E-state index in [0.29, 0.717) is 34.8 Å². The topological polar surface area (TPSA) is 76.8 Å². The summed E-state index contributed by atoms with van der Waals surface area (Å²) >= 11 is 3.25. The molecular formula is C19H20BrNO5S. The smallest absolute Gasteiger partial charge is 0.254 e. The number of amides is 1. The zero-order valence-corrected chi connectivity index (χ0v) is 17.0. The quantitative estimate of drug-likeness (QED) is 0.600. The van der Waals surface area contributed by atoms with Crippen LogP contribution < -0.4 is 4.74 Å². The fraction of sp³-hybridized carbons (Fsp3) is 0.316. The van der Waals surface area contributed by atoms with Crippen molar-refractivity contribution in [2.45, 2.75) is 19.0 Å². The first-order chi connectivity index (χ1) is 12.9. The highest BCUT2D eigenvalue weighted by Gasteiger charge is 2.35. The van der Waals surface area contributed by atoms with Gasteiger partial charge in [0, 0.05) is 11.6 Å². The summed E-state index contributed by atoms with van der Waals surface area (Å²) in [6, 6.07) is 9.91. The minimum absolute atomic E-state index is 0.0266. The summed E-state index contributed by atoms with van der Waals surface area (Å²) in [5.74, 6) is 1.06. The number of nitrogens with zero attached hydrogens (tertiary/aromatic N) is 1. The highest BCUT2D eigenvalue weighted by atomic mass is 79.9. The molecule has 0 aliphatic carbocycles. The first-order valence-electron chi connectivity index (χ1n) is 8.47. The molecule has 27 heavy (non-hydrogen) atoms. The Hall–Kier alpha value is -2.06. The van der Waals surface area contributed by atoms with Crippen LogP contribution in [0, 0.1) is 0 Å². The van der Waals surface area contributed by atoms with Gasteiger partial charge in [0.1, 0.15) is 18.1 Å². The van der Waals surface area contributed by atoms with Crippen LogP contribution in [0.15, 0.2) is 58.1 Å². The van der Waals surface area contributed by atoms with Gasteiger partial charge in [-0.3, -0.25) is 4.79 Å². The summed E-state index contributed by atoms with van der Waals surface area (Å²) < 4.78 is 35.3. The van der Waals surface area contributed by atoms with Crippen LogP contribution in [-0.4, -0.2) is 43.4 Å². The molecule has 0 unspecified atom stereocenters. The lowest BCUT2D eigenvalue weighted by atomic mass is 10.1. The Morgan fingerprint density at radius 3 is 2.59 bits per heavy atom. The molecule has 2 heterocycles. The Balaban J connectivity index is 1.82. The lowest BCUT2D eigenvalue weighted by molar-refractivity contribution is 0.0665. The summed E-state index contributed by atoms with van der Waals surface area (Å²) in [4.78, 5) is 14.7. The highest BCUT2D eigenvalue weighted by Crippen LogP contribution is 2.24. The molecule has 6 nitrogen and oxygen atoms in total. The molecule has 0 bridgehead atoms. The molecule has 1 atom stereocenters. The number of hydrogen-bond donors (Lipinski definition) is 0. The van der Waals surface area contributed by atoms with Crippen LogP contribution >= 0.6 is 15.9 Å². The van der Waals surface area contributed by atoms with Gasteiger partial charge >= 0.3 is 0 Å². The molecule has 1 aromatic heterocycles. The van der Waals surface area contributed by atoms with Gasteiger partial charge in [-0.05, 0) is 58.7 Å². The molecule has 3 rings (SSSR count). The lowest BCUT2D eigenvalue weighted by Gasteiger charge is -2.27. The van der Waals surface area contributed by atoms with Crippen LogP contribution in [0.2, 0.25) is 0 Å². The Kier molecular flexibility index (Phi) is 6.06. The van der Waals surface area contributed by atoms with Crippen molar-refractivity contribution >= 4 is 31.7 Å². The van der Waals surface area contributed by atoms with E-state index in [4.69, 9.17) is 9.15 Å². The van der Waals surface area contributed by atoms with Crippen molar-refractivity contribution < 1.29 is 22.4 Å². The standard InChI is InChI=1S/C19H20BrNO5S/c1-2-10-25-16-5-3-14(4-6-16)19(22)21(12-17-7-8-18(20)26-17)15-9-11-27(23,24)13-15/h2-8,15H,1,9-13H2/t15-/m1/s1. The van der Waals surface area contributed by atoms with Gasteiger partial charge in [-0.1, -0.05) is 12.7 Å². The monoisotopic (exact) mass is 453 g/mol. The second kappa shape index (κ2) is 8.31. The largest absolute Gasteiger partial charge is 0.490 e. The van der Waals surface area contributed by atoms with E-state index >= 15 is 0 Å². The zero-order chi connectivity index (χ0) is 19.4. The molecule has 1 fully saturated rings. The van der Waals surface area contributed by atoms with Crippen molar-refractivity contribution in [1.82, 2.24) is 4.90 Å². The van der Waals surface area contributed by atoms with E-state index in [9.17, 15) is 13.2 Å². The molecule has 1 aromatic carbocycles. The number of ether oxygens (including phenoxy) is 1. The molecule has 1 aliphatic rings. The highest BCUT2D eigenvalue weighted by molar-refractivity contribution is 9.10. The van der Waals surface area contributed by atoms with E-state index in [0.717, 1.165) is 0 Å². The molecule has 8 heteroatoms. The number of carbonyl (C=O) groups is 1. The molecule has 1 aliphatic heterocycles. The van der Waals surface area contributed by atoms with Crippen molar-refractivity contribution in [2.24, 2.45) is 0 Å². The summed E-state index contributed by atoms with van der Waals surface area (Å²) in [6.07, 6.45) is 2.07. The Morgan fingerprint density at radius 1 is 1.30 bits per heavy atom. The maximum absolute atomic E-state index is 13.1. The molecule has 1 saturated heterocycles. The molecule has 144 valence electrons. The molecule has 0 spiro atoms. The number of sulfone groups is 1. The average Bonchev–Trinajstić information content (AvgIpc) is 3.22. The second-order valence-electron chi connectivity index (χ2n) is 6.32. The molecule has 0 saturated carbocycles. The van der Waals surface area contributed by atoms with E-state index in [-0.39, 0.29) is 30.0 Å². The first kappa shape index (κ1) is 19.7. The van der Waals surface area contributed by atoms with Crippen molar-refractivity contribution in [1.29, 1.82) is 0 Å². The summed E-state index contributed by atoms with van der Waals surface area (Å²) in [5.41, 5.74) is 0.468. The number of halogens is 1.